The van der Waals surface area contributed by atoms with E-state index in [0.717, 1.165) is 5.69 Å². The van der Waals surface area contributed by atoms with Crippen molar-refractivity contribution < 1.29 is 9.47 Å². The Kier molecular flexibility index (Phi) is 6.33. The Balaban J connectivity index is 2.53. The zero-order valence-corrected chi connectivity index (χ0v) is 16.3. The van der Waals surface area contributed by atoms with Crippen molar-refractivity contribution in [3.63, 3.8) is 0 Å². The lowest BCUT2D eigenvalue weighted by Gasteiger charge is -2.15. The number of aromatic nitrogens is 3. The van der Waals surface area contributed by atoms with Crippen LogP contribution in [0.1, 0.15) is 31.0 Å². The zero-order chi connectivity index (χ0) is 17.7. The van der Waals surface area contributed by atoms with Crippen molar-refractivity contribution in [2.75, 3.05) is 18.6 Å². The molecule has 0 saturated heterocycles. The summed E-state index contributed by atoms with van der Waals surface area (Å²) in [6.07, 6.45) is 1.43. The molecule has 9 heteroatoms. The van der Waals surface area contributed by atoms with Crippen LogP contribution in [0.5, 0.6) is 17.4 Å². The summed E-state index contributed by atoms with van der Waals surface area (Å²) in [6, 6.07) is 1.77. The van der Waals surface area contributed by atoms with Crippen LogP contribution >= 0.6 is 30.1 Å². The average molecular weight is 457 g/mol. The summed E-state index contributed by atoms with van der Waals surface area (Å²) < 4.78 is 11.2. The van der Waals surface area contributed by atoms with Crippen molar-refractivity contribution in [2.24, 2.45) is 0 Å². The van der Waals surface area contributed by atoms with E-state index in [4.69, 9.17) is 20.9 Å². The van der Waals surface area contributed by atoms with Crippen LogP contribution in [0.25, 0.3) is 0 Å². The van der Waals surface area contributed by atoms with Crippen LogP contribution in [0.3, 0.4) is 0 Å². The lowest BCUT2D eigenvalue weighted by atomic mass is 10.1. The van der Waals surface area contributed by atoms with Gasteiger partial charge >= 0.3 is 0 Å². The van der Waals surface area contributed by atoms with E-state index in [0.29, 0.717) is 22.9 Å². The van der Waals surface area contributed by atoms with Gasteiger partial charge in [0.15, 0.2) is 17.3 Å². The van der Waals surface area contributed by atoms with Gasteiger partial charge in [0, 0.05) is 27.3 Å². The molecule has 0 bridgehead atoms. The fourth-order valence-electron chi connectivity index (χ4n) is 1.90. The summed E-state index contributed by atoms with van der Waals surface area (Å²) in [6.45, 7) is 4.01. The third-order valence-corrected chi connectivity index (χ3v) is 3.81. The second-order valence-electron chi connectivity index (χ2n) is 4.97. The quantitative estimate of drug-likeness (QED) is 0.532. The largest absolute Gasteiger partial charge is 0.480 e. The lowest BCUT2D eigenvalue weighted by Crippen LogP contribution is -2.05. The third-order valence-electron chi connectivity index (χ3n) is 2.97. The number of halogens is 1. The van der Waals surface area contributed by atoms with Crippen molar-refractivity contribution in [3.8, 4) is 28.6 Å². The molecule has 0 aliphatic carbocycles. The summed E-state index contributed by atoms with van der Waals surface area (Å²) in [5.74, 6) is 4.61. The summed E-state index contributed by atoms with van der Waals surface area (Å²) in [4.78, 5) is 12.3. The first-order chi connectivity index (χ1) is 11.5. The minimum atomic E-state index is 0.0856. The van der Waals surface area contributed by atoms with E-state index in [1.54, 1.807) is 13.2 Å². The van der Waals surface area contributed by atoms with Gasteiger partial charge in [-0.15, -0.1) is 0 Å². The molecule has 24 heavy (non-hydrogen) atoms. The number of rotatable bonds is 4. The Morgan fingerprint density at radius 3 is 2.58 bits per heavy atom. The smallest absolute Gasteiger partial charge is 0.229 e. The molecule has 0 spiro atoms. The molecule has 0 atom stereocenters. The molecule has 2 rings (SSSR count). The van der Waals surface area contributed by atoms with Crippen LogP contribution < -0.4 is 20.9 Å². The van der Waals surface area contributed by atoms with Gasteiger partial charge in [0.05, 0.1) is 24.6 Å². The zero-order valence-electron chi connectivity index (χ0n) is 13.3. The molecule has 0 aliphatic heterocycles. The van der Waals surface area contributed by atoms with Crippen LogP contribution in [0, 0.1) is 11.2 Å². The molecule has 0 fully saturated rings. The third kappa shape index (κ3) is 4.33. The maximum Gasteiger partial charge on any atom is 0.229 e. The molecule has 2 aromatic rings. The molecule has 2 heterocycles. The Hall–Kier alpha value is -1.93. The SMILES string of the molecule is COc1nc(C(C)C)c(Oc2cnc(N)nc2N)cc1C#CSI. The average Bonchev–Trinajstić information content (AvgIpc) is 2.55. The topological polar surface area (TPSA) is 109 Å². The van der Waals surface area contributed by atoms with E-state index in [1.165, 1.54) is 15.1 Å². The van der Waals surface area contributed by atoms with E-state index in [1.807, 2.05) is 13.8 Å². The fraction of sp³-hybridized carbons (Fsp3) is 0.267. The van der Waals surface area contributed by atoms with Crippen molar-refractivity contribution in [1.82, 2.24) is 15.0 Å². The number of ether oxygens (including phenoxy) is 2. The summed E-state index contributed by atoms with van der Waals surface area (Å²) in [5.41, 5.74) is 12.7. The number of hydrogen-bond donors (Lipinski definition) is 2. The monoisotopic (exact) mass is 457 g/mol. The summed E-state index contributed by atoms with van der Waals surface area (Å²) >= 11 is 2.10. The molecule has 0 radical (unpaired) electrons. The van der Waals surface area contributed by atoms with Crippen molar-refractivity contribution in [1.29, 1.82) is 0 Å². The Labute approximate surface area is 156 Å². The van der Waals surface area contributed by atoms with E-state index < -0.39 is 0 Å². The maximum atomic E-state index is 5.88. The minimum absolute atomic E-state index is 0.0856. The van der Waals surface area contributed by atoms with Gasteiger partial charge in [-0.2, -0.15) is 4.98 Å². The first-order valence-corrected chi connectivity index (χ1v) is 10.3. The number of methoxy groups -OCH3 is 1. The molecule has 0 unspecified atom stereocenters. The van der Waals surface area contributed by atoms with Crippen molar-refractivity contribution >= 4 is 41.9 Å². The number of hydrogen-bond acceptors (Lipinski definition) is 8. The predicted molar refractivity (Wildman–Crippen MR) is 104 cm³/mol. The molecule has 7 nitrogen and oxygen atoms in total. The number of nitrogen functional groups attached to an aromatic ring is 2. The fourth-order valence-corrected chi connectivity index (χ4v) is 2.38. The Bertz CT molecular complexity index is 804. The van der Waals surface area contributed by atoms with Gasteiger partial charge in [0.2, 0.25) is 11.8 Å². The van der Waals surface area contributed by atoms with Crippen LogP contribution in [0.15, 0.2) is 12.3 Å². The van der Waals surface area contributed by atoms with E-state index >= 15 is 0 Å². The van der Waals surface area contributed by atoms with Crippen molar-refractivity contribution in [3.05, 3.63) is 23.5 Å². The minimum Gasteiger partial charge on any atom is -0.480 e. The number of nitrogens with zero attached hydrogens (tertiary/aromatic N) is 3. The van der Waals surface area contributed by atoms with Crippen LogP contribution in [-0.2, 0) is 0 Å². The number of pyridine rings is 1. The van der Waals surface area contributed by atoms with Gasteiger partial charge in [-0.3, -0.25) is 0 Å². The van der Waals surface area contributed by atoms with Gasteiger partial charge < -0.3 is 20.9 Å². The first-order valence-electron chi connectivity index (χ1n) is 6.89. The molecule has 0 aromatic carbocycles. The standard InChI is InChI=1S/C15H16IN5O2S/c1-8(2)12-10(23-11-7-19-15(18)21-13(11)17)6-9(4-5-24-16)14(20-12)22-3/h6-8H,1-3H3,(H4,17,18,19,21). The van der Waals surface area contributed by atoms with E-state index in [-0.39, 0.29) is 17.7 Å². The van der Waals surface area contributed by atoms with Gasteiger partial charge in [-0.1, -0.05) is 13.8 Å². The van der Waals surface area contributed by atoms with Crippen LogP contribution in [-0.4, -0.2) is 22.1 Å². The molecule has 0 amide bonds. The van der Waals surface area contributed by atoms with Gasteiger partial charge in [0.25, 0.3) is 0 Å². The van der Waals surface area contributed by atoms with E-state index in [9.17, 15) is 0 Å². The molecule has 4 N–H and O–H groups in total. The van der Waals surface area contributed by atoms with Crippen LogP contribution in [0.2, 0.25) is 0 Å². The van der Waals surface area contributed by atoms with E-state index in [2.05, 4.69) is 47.3 Å². The number of nitrogens with two attached hydrogens (primary N) is 2. The van der Waals surface area contributed by atoms with Crippen LogP contribution in [0.4, 0.5) is 11.8 Å². The van der Waals surface area contributed by atoms with Crippen molar-refractivity contribution in [2.45, 2.75) is 19.8 Å². The second kappa shape index (κ2) is 8.25. The molecule has 126 valence electrons. The molecule has 0 aliphatic rings. The first kappa shape index (κ1) is 18.4. The van der Waals surface area contributed by atoms with Gasteiger partial charge in [-0.25, -0.2) is 9.97 Å². The summed E-state index contributed by atoms with van der Waals surface area (Å²) in [5, 5.41) is 2.91. The highest BCUT2D eigenvalue weighted by Crippen LogP contribution is 2.34. The number of anilines is 2. The highest BCUT2D eigenvalue weighted by molar-refractivity contribution is 14.2. The molecular formula is C15H16IN5O2S. The Morgan fingerprint density at radius 1 is 1.25 bits per heavy atom. The lowest BCUT2D eigenvalue weighted by molar-refractivity contribution is 0.389. The maximum absolute atomic E-state index is 5.88. The second-order valence-corrected chi connectivity index (χ2v) is 6.65. The normalized spacial score (nSPS) is 10.2. The molecule has 0 saturated carbocycles. The predicted octanol–water partition coefficient (Wildman–Crippen LogP) is 3.35. The highest BCUT2D eigenvalue weighted by Gasteiger charge is 2.17. The highest BCUT2D eigenvalue weighted by atomic mass is 127. The summed E-state index contributed by atoms with van der Waals surface area (Å²) in [7, 11) is 2.93. The molecular weight excluding hydrogens is 441 g/mol. The van der Waals surface area contributed by atoms with Gasteiger partial charge in [-0.05, 0) is 26.0 Å². The Morgan fingerprint density at radius 2 is 2.00 bits per heavy atom. The molecule has 2 aromatic heterocycles. The van der Waals surface area contributed by atoms with Gasteiger partial charge in [0.1, 0.15) is 0 Å².